The first kappa shape index (κ1) is 13.7. The third-order valence-corrected chi connectivity index (χ3v) is 3.15. The summed E-state index contributed by atoms with van der Waals surface area (Å²) in [7, 11) is 1.88. The van der Waals surface area contributed by atoms with Crippen molar-refractivity contribution in [3.63, 3.8) is 0 Å². The Balaban J connectivity index is 2.38. The van der Waals surface area contributed by atoms with Crippen molar-refractivity contribution in [2.45, 2.75) is 38.6 Å². The van der Waals surface area contributed by atoms with Crippen molar-refractivity contribution in [2.24, 2.45) is 12.8 Å². The van der Waals surface area contributed by atoms with E-state index < -0.39 is 5.54 Å². The van der Waals surface area contributed by atoms with Gasteiger partial charge in [-0.3, -0.25) is 9.48 Å². The second-order valence-electron chi connectivity index (χ2n) is 4.35. The summed E-state index contributed by atoms with van der Waals surface area (Å²) < 4.78 is 1.75. The van der Waals surface area contributed by atoms with Gasteiger partial charge in [-0.2, -0.15) is 5.10 Å². The van der Waals surface area contributed by atoms with Gasteiger partial charge in [0.1, 0.15) is 0 Å². The first-order valence-electron chi connectivity index (χ1n) is 6.07. The largest absolute Gasteiger partial charge is 0.354 e. The second-order valence-corrected chi connectivity index (χ2v) is 4.35. The molecule has 17 heavy (non-hydrogen) atoms. The van der Waals surface area contributed by atoms with Crippen molar-refractivity contribution in [3.8, 4) is 0 Å². The van der Waals surface area contributed by atoms with Crippen LogP contribution in [0.2, 0.25) is 0 Å². The van der Waals surface area contributed by atoms with Gasteiger partial charge in [0.2, 0.25) is 5.91 Å². The average molecular weight is 238 g/mol. The maximum atomic E-state index is 11.9. The second kappa shape index (κ2) is 5.82. The Kier molecular flexibility index (Phi) is 4.69. The van der Waals surface area contributed by atoms with E-state index in [-0.39, 0.29) is 5.91 Å². The van der Waals surface area contributed by atoms with Gasteiger partial charge in [-0.25, -0.2) is 0 Å². The number of aromatic nitrogens is 2. The number of hydrogen-bond acceptors (Lipinski definition) is 3. The number of carbonyl (C=O) groups is 1. The first-order chi connectivity index (χ1) is 8.01. The lowest BCUT2D eigenvalue weighted by Gasteiger charge is -2.25. The van der Waals surface area contributed by atoms with Gasteiger partial charge >= 0.3 is 0 Å². The van der Waals surface area contributed by atoms with Crippen LogP contribution in [0.1, 0.15) is 32.4 Å². The fraction of sp³-hybridized carbons (Fsp3) is 0.667. The zero-order valence-corrected chi connectivity index (χ0v) is 10.9. The molecule has 0 unspecified atom stereocenters. The first-order valence-corrected chi connectivity index (χ1v) is 6.07. The van der Waals surface area contributed by atoms with E-state index in [1.807, 2.05) is 33.2 Å². The molecule has 5 nitrogen and oxygen atoms in total. The van der Waals surface area contributed by atoms with Gasteiger partial charge < -0.3 is 11.1 Å². The normalized spacial score (nSPS) is 11.5. The van der Waals surface area contributed by atoms with Crippen molar-refractivity contribution < 1.29 is 4.79 Å². The van der Waals surface area contributed by atoms with Crippen LogP contribution in [-0.4, -0.2) is 27.8 Å². The number of nitrogens with two attached hydrogens (primary N) is 1. The number of nitrogens with zero attached hydrogens (tertiary/aromatic N) is 2. The minimum atomic E-state index is -0.732. The van der Waals surface area contributed by atoms with Crippen molar-refractivity contribution in [3.05, 3.63) is 18.0 Å². The monoisotopic (exact) mass is 238 g/mol. The third kappa shape index (κ3) is 3.56. The van der Waals surface area contributed by atoms with Crippen molar-refractivity contribution in [1.29, 1.82) is 0 Å². The molecule has 0 saturated carbocycles. The number of carbonyl (C=O) groups excluding carboxylic acids is 1. The van der Waals surface area contributed by atoms with Crippen LogP contribution in [0.25, 0.3) is 0 Å². The molecule has 0 saturated heterocycles. The van der Waals surface area contributed by atoms with E-state index >= 15 is 0 Å². The quantitative estimate of drug-likeness (QED) is 0.762. The number of nitrogens with one attached hydrogen (secondary N) is 1. The molecule has 0 radical (unpaired) electrons. The molecule has 0 bridgehead atoms. The molecule has 0 atom stereocenters. The van der Waals surface area contributed by atoms with E-state index in [9.17, 15) is 4.79 Å². The van der Waals surface area contributed by atoms with Gasteiger partial charge in [0.25, 0.3) is 0 Å². The van der Waals surface area contributed by atoms with E-state index in [1.165, 1.54) is 0 Å². The van der Waals surface area contributed by atoms with Gasteiger partial charge in [-0.15, -0.1) is 0 Å². The van der Waals surface area contributed by atoms with Crippen molar-refractivity contribution in [2.75, 3.05) is 6.54 Å². The van der Waals surface area contributed by atoms with E-state index in [1.54, 1.807) is 4.68 Å². The summed E-state index contributed by atoms with van der Waals surface area (Å²) in [4.78, 5) is 11.9. The third-order valence-electron chi connectivity index (χ3n) is 3.15. The van der Waals surface area contributed by atoms with Crippen LogP contribution < -0.4 is 11.1 Å². The Morgan fingerprint density at radius 2 is 2.18 bits per heavy atom. The molecule has 96 valence electrons. The number of aryl methyl sites for hydroxylation is 1. The van der Waals surface area contributed by atoms with Gasteiger partial charge in [0, 0.05) is 26.2 Å². The maximum Gasteiger partial charge on any atom is 0.240 e. The van der Waals surface area contributed by atoms with Gasteiger partial charge in [0.15, 0.2) is 0 Å². The summed E-state index contributed by atoms with van der Waals surface area (Å²) in [5.41, 5.74) is 6.24. The summed E-state index contributed by atoms with van der Waals surface area (Å²) in [6.07, 6.45) is 3.93. The molecular weight excluding hydrogens is 216 g/mol. The van der Waals surface area contributed by atoms with Crippen LogP contribution >= 0.6 is 0 Å². The Labute approximate surface area is 102 Å². The van der Waals surface area contributed by atoms with Crippen molar-refractivity contribution >= 4 is 5.91 Å². The molecule has 0 aliphatic carbocycles. The highest BCUT2D eigenvalue weighted by Gasteiger charge is 2.29. The highest BCUT2D eigenvalue weighted by atomic mass is 16.2. The molecule has 0 aliphatic heterocycles. The molecule has 5 heteroatoms. The highest BCUT2D eigenvalue weighted by molar-refractivity contribution is 5.85. The highest BCUT2D eigenvalue weighted by Crippen LogP contribution is 2.10. The molecule has 0 fully saturated rings. The molecule has 1 aromatic heterocycles. The van der Waals surface area contributed by atoms with Crippen LogP contribution in [0.5, 0.6) is 0 Å². The summed E-state index contributed by atoms with van der Waals surface area (Å²) in [5, 5.41) is 7.11. The predicted octanol–water partition coefficient (Wildman–Crippen LogP) is 0.596. The number of rotatable bonds is 6. The minimum Gasteiger partial charge on any atom is -0.354 e. The van der Waals surface area contributed by atoms with Crippen LogP contribution in [0.3, 0.4) is 0 Å². The minimum absolute atomic E-state index is 0.0709. The molecule has 1 rings (SSSR count). The summed E-state index contributed by atoms with van der Waals surface area (Å²) in [6.45, 7) is 4.44. The Morgan fingerprint density at radius 3 is 2.65 bits per heavy atom. The molecule has 0 aromatic carbocycles. The Morgan fingerprint density at radius 1 is 1.53 bits per heavy atom. The van der Waals surface area contributed by atoms with Crippen LogP contribution in [0.15, 0.2) is 12.3 Å². The standard InChI is InChI=1S/C12H22N4O/c1-4-12(13,5-2)11(17)14-8-6-10-7-9-16(3)15-10/h7,9H,4-6,8,13H2,1-3H3,(H,14,17). The topological polar surface area (TPSA) is 72.9 Å². The van der Waals surface area contributed by atoms with Gasteiger partial charge in [-0.1, -0.05) is 13.8 Å². The SMILES string of the molecule is CCC(N)(CC)C(=O)NCCc1ccn(C)n1. The fourth-order valence-electron chi connectivity index (χ4n) is 1.65. The van der Waals surface area contributed by atoms with Crippen molar-refractivity contribution in [1.82, 2.24) is 15.1 Å². The maximum absolute atomic E-state index is 11.9. The van der Waals surface area contributed by atoms with E-state index in [0.29, 0.717) is 19.4 Å². The van der Waals surface area contributed by atoms with E-state index in [2.05, 4.69) is 10.4 Å². The van der Waals surface area contributed by atoms with E-state index in [0.717, 1.165) is 12.1 Å². The molecule has 1 aromatic rings. The number of amides is 1. The molecule has 0 aliphatic rings. The van der Waals surface area contributed by atoms with Gasteiger partial charge in [-0.05, 0) is 18.9 Å². The lowest BCUT2D eigenvalue weighted by molar-refractivity contribution is -0.126. The van der Waals surface area contributed by atoms with Crippen LogP contribution in [0, 0.1) is 0 Å². The summed E-state index contributed by atoms with van der Waals surface area (Å²) in [5.74, 6) is -0.0709. The molecule has 1 amide bonds. The Hall–Kier alpha value is -1.36. The zero-order valence-electron chi connectivity index (χ0n) is 10.9. The number of hydrogen-bond donors (Lipinski definition) is 2. The lowest BCUT2D eigenvalue weighted by atomic mass is 9.93. The molecule has 0 spiro atoms. The summed E-state index contributed by atoms with van der Waals surface area (Å²) >= 11 is 0. The Bertz CT molecular complexity index is 368. The van der Waals surface area contributed by atoms with Gasteiger partial charge in [0.05, 0.1) is 11.2 Å². The summed E-state index contributed by atoms with van der Waals surface area (Å²) in [6, 6.07) is 1.95. The average Bonchev–Trinajstić information content (AvgIpc) is 2.74. The smallest absolute Gasteiger partial charge is 0.240 e. The zero-order chi connectivity index (χ0) is 12.9. The molecule has 1 heterocycles. The van der Waals surface area contributed by atoms with Crippen LogP contribution in [0.4, 0.5) is 0 Å². The molecule has 3 N–H and O–H groups in total. The fourth-order valence-corrected chi connectivity index (χ4v) is 1.65. The van der Waals surface area contributed by atoms with Crippen LogP contribution in [-0.2, 0) is 18.3 Å². The lowest BCUT2D eigenvalue weighted by Crippen LogP contribution is -2.53. The molecular formula is C12H22N4O. The van der Waals surface area contributed by atoms with E-state index in [4.69, 9.17) is 5.73 Å². The predicted molar refractivity (Wildman–Crippen MR) is 67.4 cm³/mol.